The molecule has 0 radical (unpaired) electrons. The van der Waals surface area contributed by atoms with E-state index in [0.717, 1.165) is 31.3 Å². The van der Waals surface area contributed by atoms with Crippen molar-refractivity contribution in [2.75, 3.05) is 20.5 Å². The van der Waals surface area contributed by atoms with Gasteiger partial charge in [0.05, 0.1) is 0 Å². The second kappa shape index (κ2) is 10.4. The maximum Gasteiger partial charge on any atom is 0.146 e. The molecule has 0 fully saturated rings. The molecule has 16 heavy (non-hydrogen) atoms. The molecule has 0 spiro atoms. The highest BCUT2D eigenvalue weighted by atomic mass is 35.5. The van der Waals surface area contributed by atoms with Gasteiger partial charge < -0.3 is 9.47 Å². The van der Waals surface area contributed by atoms with Gasteiger partial charge in [-0.25, -0.2) is 0 Å². The largest absolute Gasteiger partial charge is 0.359 e. The van der Waals surface area contributed by atoms with Crippen molar-refractivity contribution < 1.29 is 9.47 Å². The van der Waals surface area contributed by atoms with Crippen LogP contribution in [0.3, 0.4) is 0 Å². The molecule has 0 heterocycles. The highest BCUT2D eigenvalue weighted by Crippen LogP contribution is 2.21. The summed E-state index contributed by atoms with van der Waals surface area (Å²) >= 11 is 5.98. The summed E-state index contributed by atoms with van der Waals surface area (Å²) in [6, 6.07) is 0. The van der Waals surface area contributed by atoms with Crippen LogP contribution < -0.4 is 0 Å². The number of ether oxygens (including phenoxy) is 2. The van der Waals surface area contributed by atoms with E-state index in [1.807, 2.05) is 0 Å². The summed E-state index contributed by atoms with van der Waals surface area (Å²) in [6.07, 6.45) is 4.73. The van der Waals surface area contributed by atoms with Gasteiger partial charge in [-0.3, -0.25) is 0 Å². The maximum absolute atomic E-state index is 5.98. The van der Waals surface area contributed by atoms with E-state index in [0.29, 0.717) is 12.2 Å². The molecule has 3 atom stereocenters. The van der Waals surface area contributed by atoms with Crippen LogP contribution in [-0.2, 0) is 9.47 Å². The summed E-state index contributed by atoms with van der Waals surface area (Å²) in [5.41, 5.74) is 0. The third-order valence-electron chi connectivity index (χ3n) is 2.72. The molecule has 0 bridgehead atoms. The van der Waals surface area contributed by atoms with Gasteiger partial charge in [-0.15, -0.1) is 11.6 Å². The molecule has 0 aromatic rings. The zero-order valence-corrected chi connectivity index (χ0v) is 11.9. The molecular weight excluding hydrogens is 224 g/mol. The van der Waals surface area contributed by atoms with Crippen LogP contribution in [0.25, 0.3) is 0 Å². The fourth-order valence-corrected chi connectivity index (χ4v) is 2.44. The average Bonchev–Trinajstić information content (AvgIpc) is 2.15. The predicted molar refractivity (Wildman–Crippen MR) is 69.9 cm³/mol. The van der Waals surface area contributed by atoms with Crippen molar-refractivity contribution in [2.24, 2.45) is 11.8 Å². The summed E-state index contributed by atoms with van der Waals surface area (Å²) in [6.45, 7) is 7.89. The number of rotatable bonds is 10. The number of halogens is 1. The van der Waals surface area contributed by atoms with Crippen LogP contribution in [0.1, 0.15) is 46.5 Å². The lowest BCUT2D eigenvalue weighted by Gasteiger charge is -2.18. The smallest absolute Gasteiger partial charge is 0.146 e. The molecule has 0 rings (SSSR count). The number of alkyl halides is 1. The molecule has 0 aromatic heterocycles. The van der Waals surface area contributed by atoms with Gasteiger partial charge in [-0.05, 0) is 44.4 Å². The molecule has 0 aromatic carbocycles. The highest BCUT2D eigenvalue weighted by molar-refractivity contribution is 6.20. The van der Waals surface area contributed by atoms with E-state index in [1.165, 1.54) is 12.8 Å². The van der Waals surface area contributed by atoms with Crippen molar-refractivity contribution in [1.29, 1.82) is 0 Å². The summed E-state index contributed by atoms with van der Waals surface area (Å²) < 4.78 is 10.1. The van der Waals surface area contributed by atoms with Gasteiger partial charge in [0, 0.05) is 19.1 Å². The minimum atomic E-state index is 0.298. The van der Waals surface area contributed by atoms with Crippen LogP contribution in [0.2, 0.25) is 0 Å². The van der Waals surface area contributed by atoms with E-state index in [2.05, 4.69) is 20.8 Å². The first-order valence-corrected chi connectivity index (χ1v) is 6.70. The lowest BCUT2D eigenvalue weighted by molar-refractivity contribution is -0.0323. The molecule has 98 valence electrons. The topological polar surface area (TPSA) is 18.5 Å². The second-order valence-corrected chi connectivity index (χ2v) is 5.66. The fourth-order valence-electron chi connectivity index (χ4n) is 2.13. The number of methoxy groups -OCH3 is 1. The molecule has 0 saturated heterocycles. The van der Waals surface area contributed by atoms with Crippen LogP contribution in [0, 0.1) is 11.8 Å². The van der Waals surface area contributed by atoms with Crippen LogP contribution in [0.5, 0.6) is 0 Å². The Bertz CT molecular complexity index is 151. The molecular formula is C13H27ClO2. The molecule has 0 saturated carbocycles. The first kappa shape index (κ1) is 16.2. The zero-order chi connectivity index (χ0) is 12.4. The van der Waals surface area contributed by atoms with E-state index in [-0.39, 0.29) is 0 Å². The van der Waals surface area contributed by atoms with Crippen molar-refractivity contribution >= 4 is 11.6 Å². The van der Waals surface area contributed by atoms with Gasteiger partial charge in [0.25, 0.3) is 0 Å². The Hall–Kier alpha value is 0.210. The van der Waals surface area contributed by atoms with Crippen LogP contribution in [0.15, 0.2) is 0 Å². The number of hydrogen-bond acceptors (Lipinski definition) is 2. The van der Waals surface area contributed by atoms with E-state index in [9.17, 15) is 0 Å². The maximum atomic E-state index is 5.98. The second-order valence-electron chi connectivity index (χ2n) is 4.92. The van der Waals surface area contributed by atoms with E-state index < -0.39 is 0 Å². The van der Waals surface area contributed by atoms with Crippen molar-refractivity contribution in [2.45, 2.75) is 51.8 Å². The third-order valence-corrected chi connectivity index (χ3v) is 2.90. The normalized spacial score (nSPS) is 17.1. The average molecular weight is 251 g/mol. The summed E-state index contributed by atoms with van der Waals surface area (Å²) in [4.78, 5) is 0. The van der Waals surface area contributed by atoms with Gasteiger partial charge in [-0.2, -0.15) is 0 Å². The number of hydrogen-bond donors (Lipinski definition) is 0. The molecule has 0 aliphatic carbocycles. The Balaban J connectivity index is 3.39. The standard InChI is InChI=1S/C13H27ClO2/c1-11(6-5-7-16-10-15-4)8-12(2)9-13(3)14/h11-13H,5-10H2,1-4H3. The lowest BCUT2D eigenvalue weighted by Crippen LogP contribution is -2.08. The van der Waals surface area contributed by atoms with Gasteiger partial charge in [0.1, 0.15) is 6.79 Å². The van der Waals surface area contributed by atoms with Gasteiger partial charge in [-0.1, -0.05) is 13.8 Å². The zero-order valence-electron chi connectivity index (χ0n) is 11.2. The van der Waals surface area contributed by atoms with Crippen LogP contribution in [0.4, 0.5) is 0 Å². The van der Waals surface area contributed by atoms with Crippen molar-refractivity contribution in [3.8, 4) is 0 Å². The Labute approximate surface area is 106 Å². The molecule has 0 aliphatic heterocycles. The monoisotopic (exact) mass is 250 g/mol. The first-order chi connectivity index (χ1) is 7.56. The molecule has 0 amide bonds. The first-order valence-electron chi connectivity index (χ1n) is 6.27. The SMILES string of the molecule is COCOCCCC(C)CC(C)CC(C)Cl. The lowest BCUT2D eigenvalue weighted by atomic mass is 9.91. The van der Waals surface area contributed by atoms with E-state index >= 15 is 0 Å². The fraction of sp³-hybridized carbons (Fsp3) is 1.00. The molecule has 3 unspecified atom stereocenters. The van der Waals surface area contributed by atoms with Crippen molar-refractivity contribution in [3.63, 3.8) is 0 Å². The quantitative estimate of drug-likeness (QED) is 0.331. The minimum Gasteiger partial charge on any atom is -0.359 e. The highest BCUT2D eigenvalue weighted by Gasteiger charge is 2.10. The van der Waals surface area contributed by atoms with E-state index in [1.54, 1.807) is 7.11 Å². The summed E-state index contributed by atoms with van der Waals surface area (Å²) in [5.74, 6) is 1.49. The predicted octanol–water partition coefficient (Wildman–Crippen LogP) is 4.07. The third kappa shape index (κ3) is 10.7. The Kier molecular flexibility index (Phi) is 10.5. The Morgan fingerprint density at radius 3 is 2.31 bits per heavy atom. The van der Waals surface area contributed by atoms with Crippen LogP contribution >= 0.6 is 11.6 Å². The minimum absolute atomic E-state index is 0.298. The molecule has 2 nitrogen and oxygen atoms in total. The summed E-state index contributed by atoms with van der Waals surface area (Å²) in [5, 5.41) is 0.298. The van der Waals surface area contributed by atoms with Gasteiger partial charge >= 0.3 is 0 Å². The molecule has 3 heteroatoms. The van der Waals surface area contributed by atoms with Gasteiger partial charge in [0.15, 0.2) is 0 Å². The Morgan fingerprint density at radius 2 is 1.75 bits per heavy atom. The summed E-state index contributed by atoms with van der Waals surface area (Å²) in [7, 11) is 1.65. The van der Waals surface area contributed by atoms with Crippen molar-refractivity contribution in [3.05, 3.63) is 0 Å². The molecule has 0 aliphatic rings. The molecule has 0 N–H and O–H groups in total. The van der Waals surface area contributed by atoms with E-state index in [4.69, 9.17) is 21.1 Å². The Morgan fingerprint density at radius 1 is 1.06 bits per heavy atom. The van der Waals surface area contributed by atoms with Gasteiger partial charge in [0.2, 0.25) is 0 Å². The van der Waals surface area contributed by atoms with Crippen molar-refractivity contribution in [1.82, 2.24) is 0 Å². The van der Waals surface area contributed by atoms with Crippen LogP contribution in [-0.4, -0.2) is 25.9 Å².